The van der Waals surface area contributed by atoms with Crippen molar-refractivity contribution in [2.75, 3.05) is 0 Å². The first-order valence-electron chi connectivity index (χ1n) is 20.3. The van der Waals surface area contributed by atoms with Gasteiger partial charge >= 0.3 is 6.18 Å². The molecule has 2 aromatic heterocycles. The van der Waals surface area contributed by atoms with E-state index in [2.05, 4.69) is 134 Å². The highest BCUT2D eigenvalue weighted by Gasteiger charge is 2.32. The van der Waals surface area contributed by atoms with E-state index in [9.17, 15) is 23.7 Å². The highest BCUT2D eigenvalue weighted by atomic mass is 19.4. The summed E-state index contributed by atoms with van der Waals surface area (Å²) in [5.41, 5.74) is 13.6. The summed E-state index contributed by atoms with van der Waals surface area (Å²) in [6.07, 6.45) is -4.65. The van der Waals surface area contributed by atoms with Gasteiger partial charge in [-0.05, 0) is 111 Å². The van der Waals surface area contributed by atoms with E-state index in [4.69, 9.17) is 0 Å². The van der Waals surface area contributed by atoms with E-state index in [1.165, 1.54) is 17.2 Å². The van der Waals surface area contributed by atoms with Gasteiger partial charge < -0.3 is 9.13 Å². The maximum atomic E-state index is 14.2. The summed E-state index contributed by atoms with van der Waals surface area (Å²) in [5, 5.41) is 25.5. The fraction of sp³-hybridized carbons (Fsp3) is 0.0909. The molecule has 0 atom stereocenters. The molecule has 0 fully saturated rings. The topological polar surface area (TPSA) is 57.4 Å². The molecule has 10 aromatic rings. The molecule has 0 spiro atoms. The van der Waals surface area contributed by atoms with Crippen molar-refractivity contribution in [3.8, 4) is 56.9 Å². The van der Waals surface area contributed by atoms with Crippen LogP contribution in [-0.4, -0.2) is 9.13 Å². The lowest BCUT2D eigenvalue weighted by atomic mass is 9.94. The molecule has 0 aliphatic carbocycles. The number of nitrogens with zero attached hydrogens (tertiary/aromatic N) is 4. The fourth-order valence-corrected chi connectivity index (χ4v) is 9.41. The molecule has 0 aliphatic heterocycles. The van der Waals surface area contributed by atoms with Crippen LogP contribution in [0.2, 0.25) is 0 Å². The molecule has 62 heavy (non-hydrogen) atoms. The number of aryl methyl sites for hydroxylation is 4. The van der Waals surface area contributed by atoms with Gasteiger partial charge in [-0.25, -0.2) is 0 Å². The van der Waals surface area contributed by atoms with Gasteiger partial charge in [-0.2, -0.15) is 23.7 Å². The number of rotatable bonds is 5. The maximum absolute atomic E-state index is 14.2. The van der Waals surface area contributed by atoms with Crippen molar-refractivity contribution >= 4 is 43.6 Å². The molecule has 2 heterocycles. The van der Waals surface area contributed by atoms with Crippen molar-refractivity contribution in [3.05, 3.63) is 191 Å². The van der Waals surface area contributed by atoms with Gasteiger partial charge in [0.1, 0.15) is 6.07 Å². The minimum absolute atomic E-state index is 0.130. The second-order valence-corrected chi connectivity index (χ2v) is 16.3. The van der Waals surface area contributed by atoms with Crippen molar-refractivity contribution < 1.29 is 13.2 Å². The minimum Gasteiger partial charge on any atom is -0.309 e. The SMILES string of the molecule is Cc1cc(C)cc(-c2ccc3c(c2)c2ccccc2n3-c2cc(-c3ccc(C(F)(F)F)cc3C#N)c(-n3c4ccccc4c4cc(-c5cc(C)cc(C)c5)ccc43)cc2C#N)c1. The summed E-state index contributed by atoms with van der Waals surface area (Å²) in [6.45, 7) is 8.34. The number of benzene rings is 8. The lowest BCUT2D eigenvalue weighted by molar-refractivity contribution is -0.137. The molecule has 0 N–H and O–H groups in total. The van der Waals surface area contributed by atoms with Gasteiger partial charge in [0.25, 0.3) is 0 Å². The molecule has 0 unspecified atom stereocenters. The van der Waals surface area contributed by atoms with E-state index >= 15 is 0 Å². The Hall–Kier alpha value is -7.87. The number of halogens is 3. The lowest BCUT2D eigenvalue weighted by Gasteiger charge is -2.20. The minimum atomic E-state index is -4.65. The van der Waals surface area contributed by atoms with Crippen molar-refractivity contribution in [1.82, 2.24) is 9.13 Å². The Morgan fingerprint density at radius 2 is 0.871 bits per heavy atom. The highest BCUT2D eigenvalue weighted by molar-refractivity contribution is 6.12. The number of alkyl halides is 3. The smallest absolute Gasteiger partial charge is 0.309 e. The average Bonchev–Trinajstić information content (AvgIpc) is 3.76. The normalized spacial score (nSPS) is 11.8. The molecule has 0 radical (unpaired) electrons. The summed E-state index contributed by atoms with van der Waals surface area (Å²) in [5.74, 6) is 0. The number of para-hydroxylation sites is 2. The molecular formula is C55H37F3N4. The van der Waals surface area contributed by atoms with Crippen molar-refractivity contribution in [3.63, 3.8) is 0 Å². The number of hydrogen-bond donors (Lipinski definition) is 0. The first-order valence-corrected chi connectivity index (χ1v) is 20.3. The maximum Gasteiger partial charge on any atom is 0.416 e. The molecular weight excluding hydrogens is 774 g/mol. The van der Waals surface area contributed by atoms with Crippen LogP contribution in [0.1, 0.15) is 38.9 Å². The standard InChI is InChI=1S/C55H37F3N4/c1-32-19-33(2)22-38(21-32)36-13-17-51-46(26-36)44-9-5-7-11-49(44)61(51)53-29-48(43-16-15-42(55(56,57)58)25-40(43)30-59)54(28-41(53)31-60)62-50-12-8-6-10-45(50)47-27-37(14-18-52(47)62)39-23-34(3)20-35(4)24-39/h5-29H,1-4H3. The Balaban J connectivity index is 1.29. The van der Waals surface area contributed by atoms with E-state index in [0.29, 0.717) is 28.1 Å². The van der Waals surface area contributed by atoms with Crippen LogP contribution in [-0.2, 0) is 6.18 Å². The summed E-state index contributed by atoms with van der Waals surface area (Å²) < 4.78 is 46.6. The zero-order valence-corrected chi connectivity index (χ0v) is 34.4. The summed E-state index contributed by atoms with van der Waals surface area (Å²) in [6, 6.07) is 53.2. The fourth-order valence-electron chi connectivity index (χ4n) is 9.41. The lowest BCUT2D eigenvalue weighted by Crippen LogP contribution is -2.07. The summed E-state index contributed by atoms with van der Waals surface area (Å²) >= 11 is 0. The van der Waals surface area contributed by atoms with Gasteiger partial charge in [0.15, 0.2) is 0 Å². The molecule has 0 saturated heterocycles. The largest absolute Gasteiger partial charge is 0.416 e. The van der Waals surface area contributed by atoms with Gasteiger partial charge in [0.2, 0.25) is 0 Å². The third-order valence-electron chi connectivity index (χ3n) is 11.9. The highest BCUT2D eigenvalue weighted by Crippen LogP contribution is 2.44. The van der Waals surface area contributed by atoms with Crippen LogP contribution in [0.4, 0.5) is 13.2 Å². The molecule has 8 aromatic carbocycles. The Labute approximate surface area is 356 Å². The average molecular weight is 811 g/mol. The molecule has 4 nitrogen and oxygen atoms in total. The van der Waals surface area contributed by atoms with Crippen molar-refractivity contribution in [1.29, 1.82) is 10.5 Å². The number of fused-ring (bicyclic) bond motifs is 6. The Kier molecular flexibility index (Phi) is 8.91. The van der Waals surface area contributed by atoms with Crippen molar-refractivity contribution in [2.24, 2.45) is 0 Å². The summed E-state index contributed by atoms with van der Waals surface area (Å²) in [4.78, 5) is 0. The van der Waals surface area contributed by atoms with Crippen molar-refractivity contribution in [2.45, 2.75) is 33.9 Å². The Morgan fingerprint density at radius 3 is 1.35 bits per heavy atom. The Morgan fingerprint density at radius 1 is 0.403 bits per heavy atom. The number of hydrogen-bond acceptors (Lipinski definition) is 2. The quantitative estimate of drug-likeness (QED) is 0.174. The van der Waals surface area contributed by atoms with Crippen LogP contribution < -0.4 is 0 Å². The van der Waals surface area contributed by atoms with Crippen LogP contribution in [0.15, 0.2) is 152 Å². The third-order valence-corrected chi connectivity index (χ3v) is 11.9. The van der Waals surface area contributed by atoms with Crippen LogP contribution in [0.3, 0.4) is 0 Å². The van der Waals surface area contributed by atoms with E-state index < -0.39 is 11.7 Å². The van der Waals surface area contributed by atoms with Crippen LogP contribution in [0.25, 0.3) is 88.4 Å². The molecule has 0 saturated carbocycles. The third kappa shape index (κ3) is 6.30. The number of nitriles is 2. The molecule has 0 amide bonds. The zero-order chi connectivity index (χ0) is 43.0. The monoisotopic (exact) mass is 810 g/mol. The number of aromatic nitrogens is 2. The van der Waals surface area contributed by atoms with E-state index in [1.54, 1.807) is 0 Å². The first-order chi connectivity index (χ1) is 29.9. The van der Waals surface area contributed by atoms with Crippen LogP contribution >= 0.6 is 0 Å². The van der Waals surface area contributed by atoms with Gasteiger partial charge in [0.05, 0.1) is 56.2 Å². The zero-order valence-electron chi connectivity index (χ0n) is 34.4. The molecule has 7 heteroatoms. The molecule has 0 bridgehead atoms. The Bertz CT molecular complexity index is 3550. The molecule has 0 aliphatic rings. The van der Waals surface area contributed by atoms with Gasteiger partial charge in [-0.1, -0.05) is 113 Å². The van der Waals surface area contributed by atoms with Gasteiger partial charge in [0, 0.05) is 32.7 Å². The van der Waals surface area contributed by atoms with E-state index in [-0.39, 0.29) is 5.56 Å². The molecule has 298 valence electrons. The summed E-state index contributed by atoms with van der Waals surface area (Å²) in [7, 11) is 0. The predicted octanol–water partition coefficient (Wildman–Crippen LogP) is 14.9. The first kappa shape index (κ1) is 38.3. The van der Waals surface area contributed by atoms with Gasteiger partial charge in [-0.15, -0.1) is 0 Å². The van der Waals surface area contributed by atoms with E-state index in [0.717, 1.165) is 89.1 Å². The second kappa shape index (κ2) is 14.4. The second-order valence-electron chi connectivity index (χ2n) is 16.3. The predicted molar refractivity (Wildman–Crippen MR) is 245 cm³/mol. The van der Waals surface area contributed by atoms with Gasteiger partial charge in [-0.3, -0.25) is 0 Å². The van der Waals surface area contributed by atoms with E-state index in [1.807, 2.05) is 48.5 Å². The molecule has 10 rings (SSSR count). The van der Waals surface area contributed by atoms with Crippen LogP contribution in [0, 0.1) is 50.4 Å². The van der Waals surface area contributed by atoms with Crippen LogP contribution in [0.5, 0.6) is 0 Å².